The number of carboxylic acids is 1. The Morgan fingerprint density at radius 3 is 2.09 bits per heavy atom. The van der Waals surface area contributed by atoms with Gasteiger partial charge in [0, 0.05) is 24.1 Å². The Morgan fingerprint density at radius 2 is 1.51 bits per heavy atom. The van der Waals surface area contributed by atoms with Crippen LogP contribution in [0.1, 0.15) is 36.0 Å². The molecule has 35 heavy (non-hydrogen) atoms. The number of aliphatic carboxylic acids is 1. The Hall–Kier alpha value is -4.13. The van der Waals surface area contributed by atoms with E-state index in [1.54, 1.807) is 19.1 Å². The largest absolute Gasteiger partial charge is 0.480 e. The number of amides is 2. The number of fused-ring (bicyclic) bond motifs is 3. The van der Waals surface area contributed by atoms with Gasteiger partial charge in [0.15, 0.2) is 0 Å². The monoisotopic (exact) mass is 472 g/mol. The molecule has 7 nitrogen and oxygen atoms in total. The van der Waals surface area contributed by atoms with Gasteiger partial charge < -0.3 is 20.1 Å². The van der Waals surface area contributed by atoms with E-state index in [9.17, 15) is 19.5 Å². The lowest BCUT2D eigenvalue weighted by Crippen LogP contribution is -2.41. The summed E-state index contributed by atoms with van der Waals surface area (Å²) >= 11 is 0. The summed E-state index contributed by atoms with van der Waals surface area (Å²) in [6.07, 6.45) is -0.682. The molecule has 1 aliphatic rings. The Balaban J connectivity index is 1.36. The highest BCUT2D eigenvalue weighted by Gasteiger charge is 2.29. The number of nitrogens with one attached hydrogen (secondary N) is 1. The van der Waals surface area contributed by atoms with Crippen molar-refractivity contribution < 1.29 is 24.2 Å². The molecule has 1 aliphatic carbocycles. The Morgan fingerprint density at radius 1 is 0.943 bits per heavy atom. The molecule has 2 N–H and O–H groups in total. The van der Waals surface area contributed by atoms with E-state index >= 15 is 0 Å². The van der Waals surface area contributed by atoms with Gasteiger partial charge in [0.2, 0.25) is 5.91 Å². The number of aryl methyl sites for hydroxylation is 1. The van der Waals surface area contributed by atoms with Crippen LogP contribution < -0.4 is 10.2 Å². The molecule has 1 atom stereocenters. The highest BCUT2D eigenvalue weighted by Crippen LogP contribution is 2.44. The third kappa shape index (κ3) is 5.51. The number of rotatable bonds is 8. The number of benzene rings is 3. The zero-order valence-electron chi connectivity index (χ0n) is 19.7. The average molecular weight is 473 g/mol. The summed E-state index contributed by atoms with van der Waals surface area (Å²) in [6, 6.07) is 22.7. The molecule has 4 rings (SSSR count). The first-order valence-electron chi connectivity index (χ1n) is 11.5. The van der Waals surface area contributed by atoms with E-state index in [4.69, 9.17) is 4.74 Å². The fraction of sp³-hybridized carbons (Fsp3) is 0.250. The van der Waals surface area contributed by atoms with Crippen molar-refractivity contribution in [2.75, 3.05) is 18.1 Å². The topological polar surface area (TPSA) is 95.9 Å². The summed E-state index contributed by atoms with van der Waals surface area (Å²) in [5.74, 6) is -1.57. The van der Waals surface area contributed by atoms with Crippen LogP contribution in [0, 0.1) is 6.92 Å². The third-order valence-electron chi connectivity index (χ3n) is 6.13. The van der Waals surface area contributed by atoms with Gasteiger partial charge in [-0.3, -0.25) is 9.59 Å². The fourth-order valence-corrected chi connectivity index (χ4v) is 4.45. The molecule has 3 aromatic rings. The molecule has 2 amide bonds. The number of carbonyl (C=O) groups excluding carboxylic acids is 2. The maximum Gasteiger partial charge on any atom is 0.407 e. The molecule has 0 spiro atoms. The van der Waals surface area contributed by atoms with E-state index < -0.39 is 30.6 Å². The average Bonchev–Trinajstić information content (AvgIpc) is 3.15. The van der Waals surface area contributed by atoms with Gasteiger partial charge in [0.25, 0.3) is 0 Å². The molecule has 0 saturated carbocycles. The van der Waals surface area contributed by atoms with E-state index in [1.807, 2.05) is 55.5 Å². The van der Waals surface area contributed by atoms with Crippen molar-refractivity contribution in [1.29, 1.82) is 0 Å². The molecule has 3 aromatic carbocycles. The standard InChI is InChI=1S/C28H28N2O5/c1-18-11-13-20(14-12-18)30(16-27(32)33)26(31)15-19(2)29-28(34)35-17-25-23-9-5-3-7-21(23)22-8-4-6-10-24(22)25/h3-14,19,25H,15-17H2,1-2H3,(H,29,34)(H,32,33). The normalized spacial score (nSPS) is 12.9. The highest BCUT2D eigenvalue weighted by molar-refractivity contribution is 5.97. The molecule has 0 heterocycles. The number of carbonyl (C=O) groups is 3. The number of hydrogen-bond donors (Lipinski definition) is 2. The molecule has 0 saturated heterocycles. The van der Waals surface area contributed by atoms with Crippen LogP contribution in [-0.2, 0) is 14.3 Å². The minimum absolute atomic E-state index is 0.0577. The molecule has 0 aromatic heterocycles. The fourth-order valence-electron chi connectivity index (χ4n) is 4.45. The quantitative estimate of drug-likeness (QED) is 0.494. The number of alkyl carbamates (subject to hydrolysis) is 1. The maximum absolute atomic E-state index is 12.9. The molecule has 0 radical (unpaired) electrons. The second kappa shape index (κ2) is 10.4. The summed E-state index contributed by atoms with van der Waals surface area (Å²) < 4.78 is 5.55. The molecule has 1 unspecified atom stereocenters. The molecule has 0 fully saturated rings. The second-order valence-electron chi connectivity index (χ2n) is 8.78. The van der Waals surface area contributed by atoms with Gasteiger partial charge in [-0.2, -0.15) is 0 Å². The van der Waals surface area contributed by atoms with Gasteiger partial charge in [0.1, 0.15) is 13.2 Å². The SMILES string of the molecule is Cc1ccc(N(CC(=O)O)C(=O)CC(C)NC(=O)OCC2c3ccccc3-c3ccccc32)cc1. The van der Waals surface area contributed by atoms with Crippen molar-refractivity contribution >= 4 is 23.7 Å². The zero-order valence-corrected chi connectivity index (χ0v) is 19.7. The maximum atomic E-state index is 12.9. The van der Waals surface area contributed by atoms with Gasteiger partial charge in [-0.15, -0.1) is 0 Å². The molecule has 180 valence electrons. The lowest BCUT2D eigenvalue weighted by molar-refractivity contribution is -0.136. The van der Waals surface area contributed by atoms with Crippen molar-refractivity contribution in [3.8, 4) is 11.1 Å². The van der Waals surface area contributed by atoms with Gasteiger partial charge in [0.05, 0.1) is 0 Å². The lowest BCUT2D eigenvalue weighted by atomic mass is 9.98. The van der Waals surface area contributed by atoms with E-state index in [0.717, 1.165) is 27.8 Å². The summed E-state index contributed by atoms with van der Waals surface area (Å²) in [4.78, 5) is 37.9. The summed E-state index contributed by atoms with van der Waals surface area (Å²) in [5.41, 5.74) is 6.02. The molecular formula is C28H28N2O5. The van der Waals surface area contributed by atoms with Crippen LogP contribution in [0.5, 0.6) is 0 Å². The third-order valence-corrected chi connectivity index (χ3v) is 6.13. The predicted molar refractivity (Wildman–Crippen MR) is 133 cm³/mol. The van der Waals surface area contributed by atoms with Crippen LogP contribution in [0.25, 0.3) is 11.1 Å². The summed E-state index contributed by atoms with van der Waals surface area (Å²) in [5, 5.41) is 12.0. The smallest absolute Gasteiger partial charge is 0.407 e. The van der Waals surface area contributed by atoms with Crippen LogP contribution in [0.4, 0.5) is 10.5 Å². The van der Waals surface area contributed by atoms with Crippen molar-refractivity contribution in [3.05, 3.63) is 89.5 Å². The van der Waals surface area contributed by atoms with Gasteiger partial charge in [-0.25, -0.2) is 4.79 Å². The van der Waals surface area contributed by atoms with E-state index in [2.05, 4.69) is 17.4 Å². The van der Waals surface area contributed by atoms with Crippen LogP contribution >= 0.6 is 0 Å². The van der Waals surface area contributed by atoms with E-state index in [-0.39, 0.29) is 18.9 Å². The number of nitrogens with zero attached hydrogens (tertiary/aromatic N) is 1. The van der Waals surface area contributed by atoms with Crippen molar-refractivity contribution in [3.63, 3.8) is 0 Å². The number of carboxylic acid groups (broad SMARTS) is 1. The van der Waals surface area contributed by atoms with Crippen LogP contribution in [0.15, 0.2) is 72.8 Å². The first-order valence-corrected chi connectivity index (χ1v) is 11.5. The van der Waals surface area contributed by atoms with Gasteiger partial charge >= 0.3 is 12.1 Å². The summed E-state index contributed by atoms with van der Waals surface area (Å²) in [7, 11) is 0. The van der Waals surface area contributed by atoms with Gasteiger partial charge in [-0.05, 0) is 48.2 Å². The number of hydrogen-bond acceptors (Lipinski definition) is 4. The Kier molecular flexibility index (Phi) is 7.15. The molecule has 7 heteroatoms. The first-order chi connectivity index (χ1) is 16.8. The molecule has 0 bridgehead atoms. The van der Waals surface area contributed by atoms with E-state index in [1.165, 1.54) is 4.90 Å². The minimum Gasteiger partial charge on any atom is -0.480 e. The second-order valence-corrected chi connectivity index (χ2v) is 8.78. The first kappa shape index (κ1) is 24.0. The Bertz CT molecular complexity index is 1190. The zero-order chi connectivity index (χ0) is 24.9. The van der Waals surface area contributed by atoms with Crippen LogP contribution in [-0.4, -0.2) is 42.3 Å². The van der Waals surface area contributed by atoms with Crippen LogP contribution in [0.3, 0.4) is 0 Å². The van der Waals surface area contributed by atoms with E-state index in [0.29, 0.717) is 5.69 Å². The van der Waals surface area contributed by atoms with Crippen molar-refractivity contribution in [1.82, 2.24) is 5.32 Å². The van der Waals surface area contributed by atoms with Crippen molar-refractivity contribution in [2.24, 2.45) is 0 Å². The highest BCUT2D eigenvalue weighted by atomic mass is 16.5. The molecular weight excluding hydrogens is 444 g/mol. The van der Waals surface area contributed by atoms with Crippen LogP contribution in [0.2, 0.25) is 0 Å². The van der Waals surface area contributed by atoms with Crippen molar-refractivity contribution in [2.45, 2.75) is 32.2 Å². The number of ether oxygens (including phenoxy) is 1. The summed E-state index contributed by atoms with van der Waals surface area (Å²) in [6.45, 7) is 3.32. The Labute approximate surface area is 204 Å². The minimum atomic E-state index is -1.11. The predicted octanol–water partition coefficient (Wildman–Crippen LogP) is 4.73. The van der Waals surface area contributed by atoms with Gasteiger partial charge in [-0.1, -0.05) is 66.2 Å². The number of anilines is 1. The molecule has 0 aliphatic heterocycles. The lowest BCUT2D eigenvalue weighted by Gasteiger charge is -2.23.